The van der Waals surface area contributed by atoms with Crippen LogP contribution in [0.3, 0.4) is 0 Å². The Kier molecular flexibility index (Phi) is 10.8. The molecule has 4 amide bonds. The predicted molar refractivity (Wildman–Crippen MR) is 126 cm³/mol. The van der Waals surface area contributed by atoms with Crippen molar-refractivity contribution in [3.8, 4) is 5.75 Å². The van der Waals surface area contributed by atoms with E-state index in [1.54, 1.807) is 38.3 Å². The molecule has 34 heavy (non-hydrogen) atoms. The highest BCUT2D eigenvalue weighted by molar-refractivity contribution is 5.99. The standard InChI is InChI=1S/C24H36N4O6/c1-15(2)21-24(32)26-16(3)14-34-19-9-6-5-8-17(19)22(30)27-18(10-11-20(29)28-21)23(31)25-12-7-13-33-4/h5-6,8-9,15-16,18,21H,7,10-14H2,1-4H3,(H,25,31)(H,26,32)(H,27,30)(H,28,29)/t16-,18-,21+/m0/s1. The summed E-state index contributed by atoms with van der Waals surface area (Å²) in [6.07, 6.45) is 0.642. The van der Waals surface area contributed by atoms with Gasteiger partial charge in [-0.05, 0) is 37.8 Å². The van der Waals surface area contributed by atoms with Crippen LogP contribution in [-0.2, 0) is 19.1 Å². The van der Waals surface area contributed by atoms with Crippen molar-refractivity contribution in [3.05, 3.63) is 29.8 Å². The van der Waals surface area contributed by atoms with E-state index in [1.807, 2.05) is 13.8 Å². The first kappa shape index (κ1) is 27.1. The van der Waals surface area contributed by atoms with Crippen LogP contribution in [0.15, 0.2) is 24.3 Å². The summed E-state index contributed by atoms with van der Waals surface area (Å²) in [7, 11) is 1.57. The third-order valence-electron chi connectivity index (χ3n) is 5.38. The first-order valence-electron chi connectivity index (χ1n) is 11.6. The maximum atomic E-state index is 13.0. The number of carbonyl (C=O) groups excluding carboxylic acids is 4. The van der Waals surface area contributed by atoms with Crippen LogP contribution in [0.1, 0.15) is 50.4 Å². The minimum absolute atomic E-state index is 0.0410. The van der Waals surface area contributed by atoms with Crippen LogP contribution < -0.4 is 26.0 Å². The molecule has 1 aromatic carbocycles. The van der Waals surface area contributed by atoms with Crippen molar-refractivity contribution < 1.29 is 28.7 Å². The van der Waals surface area contributed by atoms with E-state index in [4.69, 9.17) is 9.47 Å². The number of methoxy groups -OCH3 is 1. The van der Waals surface area contributed by atoms with Crippen molar-refractivity contribution in [1.82, 2.24) is 21.3 Å². The van der Waals surface area contributed by atoms with Crippen molar-refractivity contribution in [1.29, 1.82) is 0 Å². The minimum atomic E-state index is -0.941. The van der Waals surface area contributed by atoms with Crippen molar-refractivity contribution in [3.63, 3.8) is 0 Å². The molecular weight excluding hydrogens is 440 g/mol. The fraction of sp³-hybridized carbons (Fsp3) is 0.583. The molecule has 0 aromatic heterocycles. The van der Waals surface area contributed by atoms with Gasteiger partial charge in [0.05, 0.1) is 11.6 Å². The van der Waals surface area contributed by atoms with Gasteiger partial charge in [0.1, 0.15) is 24.4 Å². The van der Waals surface area contributed by atoms with E-state index in [1.165, 1.54) is 0 Å². The SMILES string of the molecule is COCCCNC(=O)[C@@H]1CCC(=O)N[C@H](C(C)C)C(=O)N[C@@H](C)COc2ccccc2C(=O)N1. The lowest BCUT2D eigenvalue weighted by Gasteiger charge is -2.24. The number of rotatable bonds is 6. The van der Waals surface area contributed by atoms with Crippen LogP contribution in [-0.4, -0.2) is 68.6 Å². The second-order valence-corrected chi connectivity index (χ2v) is 8.71. The number of benzene rings is 1. The molecule has 1 aliphatic rings. The Balaban J connectivity index is 2.28. The number of amides is 4. The average molecular weight is 477 g/mol. The van der Waals surface area contributed by atoms with Crippen LogP contribution in [0.4, 0.5) is 0 Å². The first-order valence-corrected chi connectivity index (χ1v) is 11.6. The zero-order valence-corrected chi connectivity index (χ0v) is 20.3. The van der Waals surface area contributed by atoms with E-state index < -0.39 is 23.9 Å². The van der Waals surface area contributed by atoms with Crippen LogP contribution in [0.2, 0.25) is 0 Å². The molecule has 0 bridgehead atoms. The first-order chi connectivity index (χ1) is 16.2. The number of carbonyl (C=O) groups is 4. The predicted octanol–water partition coefficient (Wildman–Crippen LogP) is 0.756. The molecule has 0 unspecified atom stereocenters. The largest absolute Gasteiger partial charge is 0.491 e. The van der Waals surface area contributed by atoms with Crippen LogP contribution in [0.5, 0.6) is 5.75 Å². The van der Waals surface area contributed by atoms with Gasteiger partial charge < -0.3 is 30.7 Å². The summed E-state index contributed by atoms with van der Waals surface area (Å²) < 4.78 is 10.8. The van der Waals surface area contributed by atoms with E-state index in [0.717, 1.165) is 0 Å². The maximum absolute atomic E-state index is 13.0. The van der Waals surface area contributed by atoms with Crippen molar-refractivity contribution >= 4 is 23.6 Å². The molecule has 0 spiro atoms. The van der Waals surface area contributed by atoms with Crippen molar-refractivity contribution in [2.45, 2.75) is 58.2 Å². The van der Waals surface area contributed by atoms with Gasteiger partial charge in [-0.15, -0.1) is 0 Å². The Labute approximate surface area is 200 Å². The molecule has 3 atom stereocenters. The summed E-state index contributed by atoms with van der Waals surface area (Å²) in [5.74, 6) is -1.38. The Hall–Kier alpha value is -3.14. The molecule has 1 heterocycles. The van der Waals surface area contributed by atoms with E-state index in [2.05, 4.69) is 21.3 Å². The fourth-order valence-corrected chi connectivity index (χ4v) is 3.48. The van der Waals surface area contributed by atoms with E-state index in [0.29, 0.717) is 25.3 Å². The van der Waals surface area contributed by atoms with E-state index >= 15 is 0 Å². The van der Waals surface area contributed by atoms with Crippen LogP contribution in [0.25, 0.3) is 0 Å². The van der Waals surface area contributed by atoms with Crippen molar-refractivity contribution in [2.75, 3.05) is 26.9 Å². The number of fused-ring (bicyclic) bond motifs is 1. The Bertz CT molecular complexity index is 860. The van der Waals surface area contributed by atoms with Crippen LogP contribution >= 0.6 is 0 Å². The number of hydrogen-bond acceptors (Lipinski definition) is 6. The van der Waals surface area contributed by atoms with E-state index in [9.17, 15) is 19.2 Å². The van der Waals surface area contributed by atoms with Gasteiger partial charge in [0, 0.05) is 26.7 Å². The van der Waals surface area contributed by atoms with Gasteiger partial charge >= 0.3 is 0 Å². The van der Waals surface area contributed by atoms with Gasteiger partial charge in [-0.3, -0.25) is 19.2 Å². The molecule has 4 N–H and O–H groups in total. The monoisotopic (exact) mass is 476 g/mol. The molecular formula is C24H36N4O6. The number of para-hydroxylation sites is 1. The molecule has 2 rings (SSSR count). The summed E-state index contributed by atoms with van der Waals surface area (Å²) in [5, 5.41) is 11.1. The van der Waals surface area contributed by atoms with Crippen molar-refractivity contribution in [2.24, 2.45) is 5.92 Å². The van der Waals surface area contributed by atoms with Gasteiger partial charge in [0.25, 0.3) is 5.91 Å². The second kappa shape index (κ2) is 13.5. The van der Waals surface area contributed by atoms with Gasteiger partial charge in [-0.25, -0.2) is 0 Å². The number of ether oxygens (including phenoxy) is 2. The fourth-order valence-electron chi connectivity index (χ4n) is 3.48. The molecule has 1 aliphatic heterocycles. The third-order valence-corrected chi connectivity index (χ3v) is 5.38. The summed E-state index contributed by atoms with van der Waals surface area (Å²) in [5.41, 5.74) is 0.262. The quantitative estimate of drug-likeness (QED) is 0.448. The molecule has 0 saturated carbocycles. The summed E-state index contributed by atoms with van der Waals surface area (Å²) in [6.45, 7) is 6.44. The zero-order chi connectivity index (χ0) is 25.1. The number of hydrogen-bond donors (Lipinski definition) is 4. The van der Waals surface area contributed by atoms with Gasteiger partial charge in [-0.2, -0.15) is 0 Å². The highest BCUT2D eigenvalue weighted by Crippen LogP contribution is 2.19. The van der Waals surface area contributed by atoms with Crippen LogP contribution in [0, 0.1) is 5.92 Å². The Morgan fingerprint density at radius 2 is 1.91 bits per heavy atom. The summed E-state index contributed by atoms with van der Waals surface area (Å²) in [4.78, 5) is 51.2. The lowest BCUT2D eigenvalue weighted by atomic mass is 10.0. The molecule has 188 valence electrons. The lowest BCUT2D eigenvalue weighted by molar-refractivity contribution is -0.131. The molecule has 10 heteroatoms. The molecule has 0 aliphatic carbocycles. The van der Waals surface area contributed by atoms with Gasteiger partial charge in [0.2, 0.25) is 17.7 Å². The smallest absolute Gasteiger partial charge is 0.255 e. The Morgan fingerprint density at radius 1 is 1.18 bits per heavy atom. The second-order valence-electron chi connectivity index (χ2n) is 8.71. The lowest BCUT2D eigenvalue weighted by Crippen LogP contribution is -2.52. The highest BCUT2D eigenvalue weighted by atomic mass is 16.5. The molecule has 0 radical (unpaired) electrons. The topological polar surface area (TPSA) is 135 Å². The Morgan fingerprint density at radius 3 is 2.62 bits per heavy atom. The summed E-state index contributed by atoms with van der Waals surface area (Å²) in [6, 6.07) is 4.65. The summed E-state index contributed by atoms with van der Waals surface area (Å²) >= 11 is 0. The zero-order valence-electron chi connectivity index (χ0n) is 20.3. The highest BCUT2D eigenvalue weighted by Gasteiger charge is 2.28. The molecule has 0 saturated heterocycles. The van der Waals surface area contributed by atoms with E-state index in [-0.39, 0.29) is 48.8 Å². The maximum Gasteiger partial charge on any atom is 0.255 e. The third kappa shape index (κ3) is 8.33. The molecule has 0 fully saturated rings. The normalized spacial score (nSPS) is 22.3. The average Bonchev–Trinajstić information content (AvgIpc) is 2.80. The van der Waals surface area contributed by atoms with Gasteiger partial charge in [-0.1, -0.05) is 26.0 Å². The van der Waals surface area contributed by atoms with Gasteiger partial charge in [0.15, 0.2) is 0 Å². The number of nitrogens with one attached hydrogen (secondary N) is 4. The molecule has 10 nitrogen and oxygen atoms in total. The minimum Gasteiger partial charge on any atom is -0.491 e. The molecule has 1 aromatic rings.